The van der Waals surface area contributed by atoms with E-state index in [1.807, 2.05) is 18.2 Å². The molecule has 0 saturated heterocycles. The van der Waals surface area contributed by atoms with Crippen LogP contribution in [0, 0.1) is 16.0 Å². The van der Waals surface area contributed by atoms with Gasteiger partial charge in [0, 0.05) is 37.4 Å². The summed E-state index contributed by atoms with van der Waals surface area (Å²) in [5.41, 5.74) is 6.78. The zero-order valence-corrected chi connectivity index (χ0v) is 15.2. The molecule has 27 heavy (non-hydrogen) atoms. The van der Waals surface area contributed by atoms with Gasteiger partial charge in [-0.25, -0.2) is 4.98 Å². The van der Waals surface area contributed by atoms with Gasteiger partial charge in [0.05, 0.1) is 4.92 Å². The second-order valence-corrected chi connectivity index (χ2v) is 6.84. The Morgan fingerprint density at radius 3 is 2.70 bits per heavy atom. The van der Waals surface area contributed by atoms with Gasteiger partial charge < -0.3 is 16.4 Å². The molecule has 0 radical (unpaired) electrons. The minimum atomic E-state index is -0.462. The Balaban J connectivity index is 1.59. The van der Waals surface area contributed by atoms with Crippen molar-refractivity contribution < 1.29 is 4.92 Å². The van der Waals surface area contributed by atoms with Crippen LogP contribution < -0.4 is 16.4 Å². The maximum atomic E-state index is 11.3. The molecule has 0 spiro atoms. The van der Waals surface area contributed by atoms with Crippen molar-refractivity contribution in [3.05, 3.63) is 46.4 Å². The monoisotopic (exact) mass is 371 g/mol. The SMILES string of the molecule is N[C@H]1CC[C@H](CNc2nc(NCCc3ccccn3)ncc2[N+](=O)[O-])CC1. The molecule has 1 aliphatic carbocycles. The normalized spacial score (nSPS) is 19.4. The standard InChI is InChI=1S/C18H25N7O2/c19-14-6-4-13(5-7-14)11-22-17-16(25(26)27)12-23-18(24-17)21-10-8-15-3-1-2-9-20-15/h1-3,9,12-14H,4-8,10-11,19H2,(H2,21,22,23,24)/t13-,14-. The van der Waals surface area contributed by atoms with Crippen LogP contribution in [0.2, 0.25) is 0 Å². The summed E-state index contributed by atoms with van der Waals surface area (Å²) in [6.45, 7) is 1.24. The molecule has 0 aromatic carbocycles. The van der Waals surface area contributed by atoms with Crippen molar-refractivity contribution in [3.63, 3.8) is 0 Å². The summed E-state index contributed by atoms with van der Waals surface area (Å²) in [4.78, 5) is 23.4. The molecule has 2 aromatic heterocycles. The molecule has 9 heteroatoms. The summed E-state index contributed by atoms with van der Waals surface area (Å²) >= 11 is 0. The number of rotatable bonds is 8. The van der Waals surface area contributed by atoms with Crippen molar-refractivity contribution in [1.82, 2.24) is 15.0 Å². The molecule has 0 amide bonds. The fraction of sp³-hybridized carbons (Fsp3) is 0.500. The highest BCUT2D eigenvalue weighted by atomic mass is 16.6. The highest BCUT2D eigenvalue weighted by molar-refractivity contribution is 5.57. The lowest BCUT2D eigenvalue weighted by Crippen LogP contribution is -2.29. The summed E-state index contributed by atoms with van der Waals surface area (Å²) in [6.07, 6.45) is 7.76. The number of nitro groups is 1. The van der Waals surface area contributed by atoms with E-state index in [0.29, 0.717) is 31.4 Å². The van der Waals surface area contributed by atoms with E-state index in [-0.39, 0.29) is 17.5 Å². The Morgan fingerprint density at radius 1 is 1.19 bits per heavy atom. The van der Waals surface area contributed by atoms with Gasteiger partial charge in [0.2, 0.25) is 11.8 Å². The molecule has 1 saturated carbocycles. The van der Waals surface area contributed by atoms with Gasteiger partial charge in [-0.2, -0.15) is 4.98 Å². The molecule has 3 rings (SSSR count). The number of nitrogens with one attached hydrogen (secondary N) is 2. The van der Waals surface area contributed by atoms with Gasteiger partial charge in [-0.15, -0.1) is 0 Å². The van der Waals surface area contributed by atoms with Crippen molar-refractivity contribution >= 4 is 17.5 Å². The molecule has 144 valence electrons. The molecular formula is C18H25N7O2. The number of nitrogens with two attached hydrogens (primary N) is 1. The molecule has 9 nitrogen and oxygen atoms in total. The smallest absolute Gasteiger partial charge is 0.329 e. The van der Waals surface area contributed by atoms with E-state index in [4.69, 9.17) is 5.73 Å². The zero-order chi connectivity index (χ0) is 19.1. The lowest BCUT2D eigenvalue weighted by molar-refractivity contribution is -0.384. The van der Waals surface area contributed by atoms with Gasteiger partial charge in [-0.1, -0.05) is 6.07 Å². The van der Waals surface area contributed by atoms with E-state index >= 15 is 0 Å². The second-order valence-electron chi connectivity index (χ2n) is 6.84. The van der Waals surface area contributed by atoms with E-state index in [1.54, 1.807) is 6.20 Å². The minimum Gasteiger partial charge on any atom is -0.364 e. The van der Waals surface area contributed by atoms with Gasteiger partial charge in [0.1, 0.15) is 6.20 Å². The highest BCUT2D eigenvalue weighted by Gasteiger charge is 2.21. The third-order valence-corrected chi connectivity index (χ3v) is 4.81. The summed E-state index contributed by atoms with van der Waals surface area (Å²) in [6, 6.07) is 6.03. The van der Waals surface area contributed by atoms with Crippen LogP contribution in [0.5, 0.6) is 0 Å². The summed E-state index contributed by atoms with van der Waals surface area (Å²) in [7, 11) is 0. The number of hydrogen-bond donors (Lipinski definition) is 3. The number of aromatic nitrogens is 3. The van der Waals surface area contributed by atoms with E-state index in [0.717, 1.165) is 31.4 Å². The van der Waals surface area contributed by atoms with Crippen molar-refractivity contribution in [2.45, 2.75) is 38.1 Å². The molecule has 1 fully saturated rings. The van der Waals surface area contributed by atoms with E-state index in [9.17, 15) is 10.1 Å². The molecule has 4 N–H and O–H groups in total. The van der Waals surface area contributed by atoms with E-state index < -0.39 is 4.92 Å². The topological polar surface area (TPSA) is 132 Å². The maximum absolute atomic E-state index is 11.3. The van der Waals surface area contributed by atoms with Gasteiger partial charge >= 0.3 is 5.69 Å². The van der Waals surface area contributed by atoms with Crippen molar-refractivity contribution in [2.24, 2.45) is 11.7 Å². The van der Waals surface area contributed by atoms with Gasteiger partial charge in [-0.05, 0) is 43.7 Å². The van der Waals surface area contributed by atoms with Crippen molar-refractivity contribution in [1.29, 1.82) is 0 Å². The summed E-state index contributed by atoms with van der Waals surface area (Å²) < 4.78 is 0. The second kappa shape index (κ2) is 9.22. The first-order valence-corrected chi connectivity index (χ1v) is 9.26. The Labute approximate surface area is 158 Å². The van der Waals surface area contributed by atoms with Crippen LogP contribution in [0.25, 0.3) is 0 Å². The fourth-order valence-corrected chi connectivity index (χ4v) is 3.21. The molecule has 0 atom stereocenters. The van der Waals surface area contributed by atoms with Crippen LogP contribution in [0.15, 0.2) is 30.6 Å². The van der Waals surface area contributed by atoms with Crippen LogP contribution in [0.3, 0.4) is 0 Å². The first-order valence-electron chi connectivity index (χ1n) is 9.26. The molecular weight excluding hydrogens is 346 g/mol. The van der Waals surface area contributed by atoms with E-state index in [1.165, 1.54) is 6.20 Å². The molecule has 2 aromatic rings. The van der Waals surface area contributed by atoms with Gasteiger partial charge in [0.15, 0.2) is 0 Å². The first-order chi connectivity index (χ1) is 13.1. The summed E-state index contributed by atoms with van der Waals surface area (Å²) in [5, 5.41) is 17.5. The Hall–Kier alpha value is -2.81. The molecule has 0 bridgehead atoms. The van der Waals surface area contributed by atoms with Crippen LogP contribution in [-0.2, 0) is 6.42 Å². The molecule has 0 aliphatic heterocycles. The average molecular weight is 371 g/mol. The Bertz CT molecular complexity index is 749. The minimum absolute atomic E-state index is 0.113. The lowest BCUT2D eigenvalue weighted by Gasteiger charge is -2.26. The third-order valence-electron chi connectivity index (χ3n) is 4.81. The van der Waals surface area contributed by atoms with Gasteiger partial charge in [-0.3, -0.25) is 15.1 Å². The van der Waals surface area contributed by atoms with Crippen LogP contribution in [0.1, 0.15) is 31.4 Å². The fourth-order valence-electron chi connectivity index (χ4n) is 3.21. The molecule has 0 unspecified atom stereocenters. The number of nitrogens with zero attached hydrogens (tertiary/aromatic N) is 4. The maximum Gasteiger partial charge on any atom is 0.329 e. The molecule has 1 aliphatic rings. The third kappa shape index (κ3) is 5.58. The predicted molar refractivity (Wildman–Crippen MR) is 104 cm³/mol. The lowest BCUT2D eigenvalue weighted by atomic mass is 9.86. The predicted octanol–water partition coefficient (Wildman–Crippen LogP) is 2.36. The Morgan fingerprint density at radius 2 is 2.00 bits per heavy atom. The zero-order valence-electron chi connectivity index (χ0n) is 15.2. The van der Waals surface area contributed by atoms with Crippen LogP contribution in [0.4, 0.5) is 17.5 Å². The van der Waals surface area contributed by atoms with Crippen LogP contribution >= 0.6 is 0 Å². The highest BCUT2D eigenvalue weighted by Crippen LogP contribution is 2.26. The van der Waals surface area contributed by atoms with Gasteiger partial charge in [0.25, 0.3) is 0 Å². The van der Waals surface area contributed by atoms with Crippen molar-refractivity contribution in [3.8, 4) is 0 Å². The van der Waals surface area contributed by atoms with E-state index in [2.05, 4.69) is 25.6 Å². The summed E-state index contributed by atoms with van der Waals surface area (Å²) in [5.74, 6) is 1.08. The quantitative estimate of drug-likeness (QED) is 0.476. The van der Waals surface area contributed by atoms with Crippen molar-refractivity contribution in [2.75, 3.05) is 23.7 Å². The Kier molecular flexibility index (Phi) is 6.48. The molecule has 2 heterocycles. The number of anilines is 2. The number of hydrogen-bond acceptors (Lipinski definition) is 8. The average Bonchev–Trinajstić information content (AvgIpc) is 2.68. The van der Waals surface area contributed by atoms with Crippen LogP contribution in [-0.4, -0.2) is 39.0 Å². The first kappa shape index (κ1) is 19.0. The number of pyridine rings is 1. The largest absolute Gasteiger partial charge is 0.364 e.